The highest BCUT2D eigenvalue weighted by Crippen LogP contribution is 2.41. The van der Waals surface area contributed by atoms with Crippen LogP contribution in [0.2, 0.25) is 0 Å². The Kier molecular flexibility index (Phi) is 2.22. The van der Waals surface area contributed by atoms with E-state index in [4.69, 9.17) is 0 Å². The van der Waals surface area contributed by atoms with E-state index in [1.807, 2.05) is 18.7 Å². The number of allylic oxidation sites excluding steroid dienone is 3. The molecule has 1 fully saturated rings. The van der Waals surface area contributed by atoms with E-state index in [9.17, 15) is 4.79 Å². The van der Waals surface area contributed by atoms with E-state index in [2.05, 4.69) is 18.7 Å². The maximum absolute atomic E-state index is 12.0. The van der Waals surface area contributed by atoms with Gasteiger partial charge in [-0.1, -0.05) is 18.7 Å². The summed E-state index contributed by atoms with van der Waals surface area (Å²) in [6, 6.07) is 0.251. The van der Waals surface area contributed by atoms with E-state index < -0.39 is 0 Å². The van der Waals surface area contributed by atoms with E-state index in [-0.39, 0.29) is 17.9 Å². The third-order valence-electron chi connectivity index (χ3n) is 3.24. The molecule has 1 aliphatic heterocycles. The van der Waals surface area contributed by atoms with Crippen molar-refractivity contribution in [1.29, 1.82) is 0 Å². The van der Waals surface area contributed by atoms with Gasteiger partial charge in [0.25, 0.3) is 0 Å². The van der Waals surface area contributed by atoms with Crippen molar-refractivity contribution in [2.75, 3.05) is 0 Å². The molecule has 2 nitrogen and oxygen atoms in total. The number of carbonyl (C=O) groups excluding carboxylic acids is 1. The number of likely N-dealkylation sites (tertiary alicyclic amines) is 1. The minimum absolute atomic E-state index is 0.176. The van der Waals surface area contributed by atoms with E-state index in [0.717, 1.165) is 18.5 Å². The number of fused-ring (bicyclic) bond motifs is 1. The molecule has 1 saturated heterocycles. The SMILES string of the molecule is C=C1C2CC=CCC2C(=O)N1C(C)C. The molecule has 0 saturated carbocycles. The Bertz CT molecular complexity index is 277. The third-order valence-corrected chi connectivity index (χ3v) is 3.24. The molecule has 2 heteroatoms. The highest BCUT2D eigenvalue weighted by atomic mass is 16.2. The molecule has 2 unspecified atom stereocenters. The zero-order chi connectivity index (χ0) is 10.3. The molecule has 1 heterocycles. The fourth-order valence-electron chi connectivity index (χ4n) is 2.54. The minimum Gasteiger partial charge on any atom is -0.314 e. The van der Waals surface area contributed by atoms with Gasteiger partial charge in [0.05, 0.1) is 5.92 Å². The summed E-state index contributed by atoms with van der Waals surface area (Å²) >= 11 is 0. The van der Waals surface area contributed by atoms with Crippen LogP contribution in [0.25, 0.3) is 0 Å². The Morgan fingerprint density at radius 1 is 1.36 bits per heavy atom. The first-order chi connectivity index (χ1) is 6.63. The summed E-state index contributed by atoms with van der Waals surface area (Å²) in [7, 11) is 0. The Hall–Kier alpha value is -1.05. The van der Waals surface area contributed by atoms with Crippen molar-refractivity contribution >= 4 is 5.91 Å². The lowest BCUT2D eigenvalue weighted by molar-refractivity contribution is -0.131. The molecule has 0 spiro atoms. The lowest BCUT2D eigenvalue weighted by Gasteiger charge is -2.23. The maximum atomic E-state index is 12.0. The van der Waals surface area contributed by atoms with Crippen LogP contribution in [0.3, 0.4) is 0 Å². The van der Waals surface area contributed by atoms with E-state index in [1.54, 1.807) is 0 Å². The topological polar surface area (TPSA) is 20.3 Å². The predicted molar refractivity (Wildman–Crippen MR) is 56.5 cm³/mol. The van der Waals surface area contributed by atoms with Crippen molar-refractivity contribution < 1.29 is 4.79 Å². The fourth-order valence-corrected chi connectivity index (χ4v) is 2.54. The Morgan fingerprint density at radius 2 is 1.93 bits per heavy atom. The van der Waals surface area contributed by atoms with Gasteiger partial charge in [-0.05, 0) is 26.7 Å². The first-order valence-corrected chi connectivity index (χ1v) is 5.29. The standard InChI is InChI=1S/C12H17NO/c1-8(2)13-9(3)10-6-4-5-7-11(10)12(13)14/h4-5,8,10-11H,3,6-7H2,1-2H3. The number of hydrogen-bond donors (Lipinski definition) is 0. The lowest BCUT2D eigenvalue weighted by Crippen LogP contribution is -2.32. The van der Waals surface area contributed by atoms with Crippen molar-refractivity contribution in [2.45, 2.75) is 32.7 Å². The molecule has 2 rings (SSSR count). The minimum atomic E-state index is 0.176. The van der Waals surface area contributed by atoms with Gasteiger partial charge in [-0.25, -0.2) is 0 Å². The molecular weight excluding hydrogens is 174 g/mol. The van der Waals surface area contributed by atoms with Gasteiger partial charge in [-0.15, -0.1) is 0 Å². The maximum Gasteiger partial charge on any atom is 0.231 e. The van der Waals surface area contributed by atoms with E-state index in [0.29, 0.717) is 5.92 Å². The second kappa shape index (κ2) is 3.26. The van der Waals surface area contributed by atoms with Crippen LogP contribution >= 0.6 is 0 Å². The van der Waals surface area contributed by atoms with Crippen LogP contribution in [0.5, 0.6) is 0 Å². The Morgan fingerprint density at radius 3 is 2.43 bits per heavy atom. The zero-order valence-corrected chi connectivity index (χ0v) is 8.86. The summed E-state index contributed by atoms with van der Waals surface area (Å²) in [4.78, 5) is 13.9. The molecule has 14 heavy (non-hydrogen) atoms. The Balaban J connectivity index is 2.28. The highest BCUT2D eigenvalue weighted by molar-refractivity contribution is 5.85. The summed E-state index contributed by atoms with van der Waals surface area (Å²) in [6.07, 6.45) is 6.17. The predicted octanol–water partition coefficient (Wildman–Crippen LogP) is 2.33. The van der Waals surface area contributed by atoms with Crippen LogP contribution in [0.15, 0.2) is 24.4 Å². The number of carbonyl (C=O) groups is 1. The molecule has 76 valence electrons. The van der Waals surface area contributed by atoms with Crippen LogP contribution in [-0.2, 0) is 4.79 Å². The molecular formula is C12H17NO. The van der Waals surface area contributed by atoms with Gasteiger partial charge in [0.1, 0.15) is 0 Å². The number of rotatable bonds is 1. The van der Waals surface area contributed by atoms with Gasteiger partial charge < -0.3 is 4.90 Å². The lowest BCUT2D eigenvalue weighted by atomic mass is 9.84. The van der Waals surface area contributed by atoms with Crippen molar-refractivity contribution in [1.82, 2.24) is 4.90 Å². The highest BCUT2D eigenvalue weighted by Gasteiger charge is 2.43. The van der Waals surface area contributed by atoms with Crippen LogP contribution in [-0.4, -0.2) is 16.8 Å². The van der Waals surface area contributed by atoms with Gasteiger partial charge in [0.15, 0.2) is 0 Å². The normalized spacial score (nSPS) is 31.5. The summed E-state index contributed by atoms with van der Waals surface area (Å²) < 4.78 is 0. The average molecular weight is 191 g/mol. The Labute approximate surface area is 85.3 Å². The second-order valence-electron chi connectivity index (χ2n) is 4.45. The molecule has 0 aromatic carbocycles. The number of nitrogens with zero attached hydrogens (tertiary/aromatic N) is 1. The summed E-state index contributed by atoms with van der Waals surface area (Å²) in [5.74, 6) is 0.823. The number of amides is 1. The van der Waals surface area contributed by atoms with Gasteiger partial charge in [-0.3, -0.25) is 4.79 Å². The molecule has 0 aromatic heterocycles. The van der Waals surface area contributed by atoms with Gasteiger partial charge >= 0.3 is 0 Å². The van der Waals surface area contributed by atoms with Crippen molar-refractivity contribution in [3.05, 3.63) is 24.4 Å². The van der Waals surface area contributed by atoms with Gasteiger partial charge in [0.2, 0.25) is 5.91 Å². The van der Waals surface area contributed by atoms with Gasteiger partial charge in [0, 0.05) is 17.7 Å². The smallest absolute Gasteiger partial charge is 0.231 e. The summed E-state index contributed by atoms with van der Waals surface area (Å²) in [6.45, 7) is 8.16. The molecule has 0 aromatic rings. The molecule has 1 aliphatic carbocycles. The summed E-state index contributed by atoms with van der Waals surface area (Å²) in [5, 5.41) is 0. The van der Waals surface area contributed by atoms with Crippen LogP contribution < -0.4 is 0 Å². The molecule has 0 bridgehead atoms. The molecule has 0 radical (unpaired) electrons. The van der Waals surface area contributed by atoms with Crippen molar-refractivity contribution in [2.24, 2.45) is 11.8 Å². The molecule has 2 aliphatic rings. The van der Waals surface area contributed by atoms with E-state index >= 15 is 0 Å². The molecule has 0 N–H and O–H groups in total. The monoisotopic (exact) mass is 191 g/mol. The number of hydrogen-bond acceptors (Lipinski definition) is 1. The van der Waals surface area contributed by atoms with Crippen LogP contribution in [0, 0.1) is 11.8 Å². The quantitative estimate of drug-likeness (QED) is 0.582. The average Bonchev–Trinajstić information content (AvgIpc) is 2.41. The van der Waals surface area contributed by atoms with Crippen LogP contribution in [0.1, 0.15) is 26.7 Å². The van der Waals surface area contributed by atoms with E-state index in [1.165, 1.54) is 0 Å². The molecule has 1 amide bonds. The zero-order valence-electron chi connectivity index (χ0n) is 8.86. The van der Waals surface area contributed by atoms with Gasteiger partial charge in [-0.2, -0.15) is 0 Å². The van der Waals surface area contributed by atoms with Crippen molar-refractivity contribution in [3.8, 4) is 0 Å². The molecule has 2 atom stereocenters. The largest absolute Gasteiger partial charge is 0.314 e. The first kappa shape index (κ1) is 9.50. The third kappa shape index (κ3) is 1.21. The summed E-state index contributed by atoms with van der Waals surface area (Å²) in [5.41, 5.74) is 1.03. The second-order valence-corrected chi connectivity index (χ2v) is 4.45. The van der Waals surface area contributed by atoms with Crippen LogP contribution in [0.4, 0.5) is 0 Å². The first-order valence-electron chi connectivity index (χ1n) is 5.29. The van der Waals surface area contributed by atoms with Crippen molar-refractivity contribution in [3.63, 3.8) is 0 Å². The fraction of sp³-hybridized carbons (Fsp3) is 0.583.